The molecule has 1 atom stereocenters. The van der Waals surface area contributed by atoms with Crippen molar-refractivity contribution in [3.8, 4) is 11.4 Å². The Morgan fingerprint density at radius 3 is 3.04 bits per heavy atom. The second-order valence-electron chi connectivity index (χ2n) is 7.37. The van der Waals surface area contributed by atoms with Crippen LogP contribution in [0.5, 0.6) is 0 Å². The van der Waals surface area contributed by atoms with Crippen LogP contribution in [-0.4, -0.2) is 26.2 Å². The standard InChI is InChI=1S/C22H22N6/c1-14-3-2-4-15-5-6-16(12-20(15)25-14)22-23-10-9-21(27-22)26-18-7-8-19-17(11-18)13-24-28-19/h5-14,25H,2-4H2,1H3,(H,24,28)(H,23,26,27). The van der Waals surface area contributed by atoms with Crippen molar-refractivity contribution >= 4 is 28.1 Å². The molecule has 5 rings (SSSR count). The molecule has 1 aliphatic heterocycles. The van der Waals surface area contributed by atoms with Gasteiger partial charge < -0.3 is 10.6 Å². The molecule has 1 aliphatic rings. The van der Waals surface area contributed by atoms with Gasteiger partial charge in [-0.1, -0.05) is 12.1 Å². The van der Waals surface area contributed by atoms with Crippen molar-refractivity contribution in [1.29, 1.82) is 0 Å². The molecule has 140 valence electrons. The zero-order valence-corrected chi connectivity index (χ0v) is 15.7. The van der Waals surface area contributed by atoms with E-state index in [0.717, 1.165) is 40.2 Å². The zero-order chi connectivity index (χ0) is 18.9. The molecule has 3 heterocycles. The van der Waals surface area contributed by atoms with Crippen LogP contribution in [0.3, 0.4) is 0 Å². The van der Waals surface area contributed by atoms with Crippen molar-refractivity contribution in [3.63, 3.8) is 0 Å². The summed E-state index contributed by atoms with van der Waals surface area (Å²) in [7, 11) is 0. The molecule has 2 aromatic heterocycles. The maximum absolute atomic E-state index is 4.72. The predicted octanol–water partition coefficient (Wildman–Crippen LogP) is 4.90. The first-order valence-corrected chi connectivity index (χ1v) is 9.68. The second-order valence-corrected chi connectivity index (χ2v) is 7.37. The average molecular weight is 370 g/mol. The number of aryl methyl sites for hydroxylation is 1. The quantitative estimate of drug-likeness (QED) is 0.478. The fourth-order valence-electron chi connectivity index (χ4n) is 3.74. The number of anilines is 3. The molecule has 0 aliphatic carbocycles. The highest BCUT2D eigenvalue weighted by Gasteiger charge is 2.14. The molecule has 2 aromatic carbocycles. The Labute approximate surface area is 163 Å². The summed E-state index contributed by atoms with van der Waals surface area (Å²) >= 11 is 0. The molecule has 0 saturated carbocycles. The lowest BCUT2D eigenvalue weighted by atomic mass is 10.0. The van der Waals surface area contributed by atoms with E-state index in [1.54, 1.807) is 6.20 Å². The lowest BCUT2D eigenvalue weighted by Crippen LogP contribution is -2.13. The first-order chi connectivity index (χ1) is 13.7. The van der Waals surface area contributed by atoms with Crippen molar-refractivity contribution in [3.05, 3.63) is 60.4 Å². The minimum atomic E-state index is 0.489. The maximum atomic E-state index is 4.72. The van der Waals surface area contributed by atoms with E-state index >= 15 is 0 Å². The molecule has 0 saturated heterocycles. The molecule has 0 spiro atoms. The number of nitrogens with one attached hydrogen (secondary N) is 3. The summed E-state index contributed by atoms with van der Waals surface area (Å²) in [6.07, 6.45) is 7.14. The maximum Gasteiger partial charge on any atom is 0.161 e. The van der Waals surface area contributed by atoms with E-state index in [-0.39, 0.29) is 0 Å². The molecule has 0 amide bonds. The molecule has 6 nitrogen and oxygen atoms in total. The summed E-state index contributed by atoms with van der Waals surface area (Å²) < 4.78 is 0. The van der Waals surface area contributed by atoms with Gasteiger partial charge in [0.25, 0.3) is 0 Å². The number of hydrogen-bond donors (Lipinski definition) is 3. The van der Waals surface area contributed by atoms with Crippen LogP contribution in [0.4, 0.5) is 17.2 Å². The van der Waals surface area contributed by atoms with Gasteiger partial charge in [-0.3, -0.25) is 5.10 Å². The number of nitrogens with zero attached hydrogens (tertiary/aromatic N) is 3. The van der Waals surface area contributed by atoms with Crippen LogP contribution in [0.2, 0.25) is 0 Å². The first kappa shape index (κ1) is 16.7. The first-order valence-electron chi connectivity index (χ1n) is 9.68. The minimum absolute atomic E-state index is 0.489. The van der Waals surface area contributed by atoms with Crippen LogP contribution in [0, 0.1) is 0 Å². The Balaban J connectivity index is 1.44. The monoisotopic (exact) mass is 370 g/mol. The van der Waals surface area contributed by atoms with Crippen molar-refractivity contribution in [2.45, 2.75) is 32.2 Å². The van der Waals surface area contributed by atoms with Crippen molar-refractivity contribution in [1.82, 2.24) is 20.2 Å². The summed E-state index contributed by atoms with van der Waals surface area (Å²) in [5.41, 5.74) is 5.58. The van der Waals surface area contributed by atoms with Gasteiger partial charge in [-0.2, -0.15) is 5.10 Å². The molecule has 1 unspecified atom stereocenters. The van der Waals surface area contributed by atoms with Crippen LogP contribution < -0.4 is 10.6 Å². The Kier molecular flexibility index (Phi) is 4.16. The molecule has 6 heteroatoms. The van der Waals surface area contributed by atoms with Gasteiger partial charge in [0, 0.05) is 34.6 Å². The number of fused-ring (bicyclic) bond motifs is 2. The van der Waals surface area contributed by atoms with E-state index in [4.69, 9.17) is 4.98 Å². The van der Waals surface area contributed by atoms with Gasteiger partial charge in [0.1, 0.15) is 5.82 Å². The number of H-pyrrole nitrogens is 1. The van der Waals surface area contributed by atoms with Crippen molar-refractivity contribution in [2.75, 3.05) is 10.6 Å². The Bertz CT molecular complexity index is 1130. The highest BCUT2D eigenvalue weighted by atomic mass is 15.1. The Morgan fingerprint density at radius 1 is 1.11 bits per heavy atom. The third kappa shape index (κ3) is 3.29. The number of aromatic amines is 1. The van der Waals surface area contributed by atoms with E-state index in [1.165, 1.54) is 24.1 Å². The van der Waals surface area contributed by atoms with Gasteiger partial charge in [-0.15, -0.1) is 0 Å². The molecular formula is C22H22N6. The minimum Gasteiger partial charge on any atom is -0.382 e. The summed E-state index contributed by atoms with van der Waals surface area (Å²) in [5, 5.41) is 15.1. The normalized spacial score (nSPS) is 16.2. The van der Waals surface area contributed by atoms with E-state index in [2.05, 4.69) is 50.9 Å². The summed E-state index contributed by atoms with van der Waals surface area (Å²) in [6, 6.07) is 14.9. The fourth-order valence-corrected chi connectivity index (χ4v) is 3.74. The summed E-state index contributed by atoms with van der Waals surface area (Å²) in [5.74, 6) is 1.49. The van der Waals surface area contributed by atoms with Crippen LogP contribution in [0.1, 0.15) is 25.3 Å². The fraction of sp³-hybridized carbons (Fsp3) is 0.227. The third-order valence-electron chi connectivity index (χ3n) is 5.22. The van der Waals surface area contributed by atoms with E-state index < -0.39 is 0 Å². The molecule has 0 fully saturated rings. The smallest absolute Gasteiger partial charge is 0.161 e. The average Bonchev–Trinajstić information content (AvgIpc) is 3.08. The van der Waals surface area contributed by atoms with E-state index in [1.807, 2.05) is 30.5 Å². The molecule has 0 radical (unpaired) electrons. The third-order valence-corrected chi connectivity index (χ3v) is 5.22. The molecule has 4 aromatic rings. The summed E-state index contributed by atoms with van der Waals surface area (Å²) in [4.78, 5) is 9.21. The lowest BCUT2D eigenvalue weighted by Gasteiger charge is -2.14. The van der Waals surface area contributed by atoms with Gasteiger partial charge in [-0.05, 0) is 62.1 Å². The molecule has 0 bridgehead atoms. The molecular weight excluding hydrogens is 348 g/mol. The van der Waals surface area contributed by atoms with Crippen molar-refractivity contribution in [2.24, 2.45) is 0 Å². The van der Waals surface area contributed by atoms with Crippen molar-refractivity contribution < 1.29 is 0 Å². The number of rotatable bonds is 3. The Hall–Kier alpha value is -3.41. The lowest BCUT2D eigenvalue weighted by molar-refractivity contribution is 0.674. The highest BCUT2D eigenvalue weighted by Crippen LogP contribution is 2.29. The van der Waals surface area contributed by atoms with E-state index in [0.29, 0.717) is 6.04 Å². The predicted molar refractivity (Wildman–Crippen MR) is 113 cm³/mol. The van der Waals surface area contributed by atoms with Gasteiger partial charge in [-0.25, -0.2) is 9.97 Å². The summed E-state index contributed by atoms with van der Waals surface area (Å²) in [6.45, 7) is 2.24. The number of aromatic nitrogens is 4. The van der Waals surface area contributed by atoms with Gasteiger partial charge >= 0.3 is 0 Å². The van der Waals surface area contributed by atoms with Gasteiger partial charge in [0.15, 0.2) is 5.82 Å². The van der Waals surface area contributed by atoms with Gasteiger partial charge in [0.2, 0.25) is 0 Å². The van der Waals surface area contributed by atoms with Crippen LogP contribution in [0.25, 0.3) is 22.3 Å². The van der Waals surface area contributed by atoms with Crippen LogP contribution in [-0.2, 0) is 6.42 Å². The van der Waals surface area contributed by atoms with Crippen LogP contribution >= 0.6 is 0 Å². The largest absolute Gasteiger partial charge is 0.382 e. The Morgan fingerprint density at radius 2 is 2.07 bits per heavy atom. The highest BCUT2D eigenvalue weighted by molar-refractivity contribution is 5.82. The molecule has 3 N–H and O–H groups in total. The van der Waals surface area contributed by atoms with E-state index in [9.17, 15) is 0 Å². The zero-order valence-electron chi connectivity index (χ0n) is 15.7. The second kappa shape index (κ2) is 6.96. The van der Waals surface area contributed by atoms with Crippen LogP contribution in [0.15, 0.2) is 54.9 Å². The topological polar surface area (TPSA) is 78.5 Å². The number of hydrogen-bond acceptors (Lipinski definition) is 5. The SMILES string of the molecule is CC1CCCc2ccc(-c3nccc(Nc4ccc5[nH]ncc5c4)n3)cc2N1. The number of benzene rings is 2. The molecule has 28 heavy (non-hydrogen) atoms. The van der Waals surface area contributed by atoms with Gasteiger partial charge in [0.05, 0.1) is 11.7 Å².